The number of hydrogen-bond donors (Lipinski definition) is 2. The van der Waals surface area contributed by atoms with E-state index in [1.165, 1.54) is 25.7 Å². The number of rotatable bonds is 5. The first kappa shape index (κ1) is 14.9. The molecule has 20 heavy (non-hydrogen) atoms. The summed E-state index contributed by atoms with van der Waals surface area (Å²) in [5.74, 6) is 0.810. The van der Waals surface area contributed by atoms with Crippen molar-refractivity contribution in [2.45, 2.75) is 32.6 Å². The second kappa shape index (κ2) is 6.75. The maximum absolute atomic E-state index is 12.0. The van der Waals surface area contributed by atoms with Crippen LogP contribution in [0.1, 0.15) is 31.2 Å². The number of carbonyl (C=O) groups excluding carboxylic acids is 1. The summed E-state index contributed by atoms with van der Waals surface area (Å²) >= 11 is 0. The Balaban J connectivity index is 1.82. The van der Waals surface area contributed by atoms with Crippen molar-refractivity contribution in [3.05, 3.63) is 23.8 Å². The quantitative estimate of drug-likeness (QED) is 0.812. The van der Waals surface area contributed by atoms with Gasteiger partial charge in [-0.05, 0) is 56.5 Å². The number of amides is 1. The summed E-state index contributed by atoms with van der Waals surface area (Å²) < 4.78 is 0. The lowest BCUT2D eigenvalue weighted by Crippen LogP contribution is -2.33. The Labute approximate surface area is 121 Å². The van der Waals surface area contributed by atoms with E-state index in [4.69, 9.17) is 5.73 Å². The van der Waals surface area contributed by atoms with Crippen LogP contribution >= 0.6 is 0 Å². The van der Waals surface area contributed by atoms with Crippen LogP contribution in [0.4, 0.5) is 11.4 Å². The van der Waals surface area contributed by atoms with Crippen molar-refractivity contribution in [2.75, 3.05) is 31.2 Å². The standard InChI is InChI=1S/C16H25N3O/c1-12-9-14(17)7-8-15(12)18-16(20)11-19(2)10-13-5-3-4-6-13/h7-9,13H,3-6,10-11,17H2,1-2H3,(H,18,20). The molecule has 1 aliphatic rings. The van der Waals surface area contributed by atoms with Gasteiger partial charge in [-0.2, -0.15) is 0 Å². The van der Waals surface area contributed by atoms with Gasteiger partial charge in [0.2, 0.25) is 5.91 Å². The average molecular weight is 275 g/mol. The van der Waals surface area contributed by atoms with Crippen molar-refractivity contribution in [2.24, 2.45) is 5.92 Å². The summed E-state index contributed by atoms with van der Waals surface area (Å²) in [5, 5.41) is 2.96. The van der Waals surface area contributed by atoms with E-state index < -0.39 is 0 Å². The van der Waals surface area contributed by atoms with Crippen molar-refractivity contribution in [3.8, 4) is 0 Å². The van der Waals surface area contributed by atoms with E-state index in [0.717, 1.165) is 29.4 Å². The lowest BCUT2D eigenvalue weighted by atomic mass is 10.1. The van der Waals surface area contributed by atoms with Gasteiger partial charge in [0.25, 0.3) is 0 Å². The third-order valence-electron chi connectivity index (χ3n) is 3.98. The number of nitrogen functional groups attached to an aromatic ring is 1. The lowest BCUT2D eigenvalue weighted by Gasteiger charge is -2.20. The predicted octanol–water partition coefficient (Wildman–Crippen LogP) is 2.64. The van der Waals surface area contributed by atoms with Crippen LogP contribution in [0, 0.1) is 12.8 Å². The highest BCUT2D eigenvalue weighted by atomic mass is 16.2. The highest BCUT2D eigenvalue weighted by molar-refractivity contribution is 5.93. The Morgan fingerprint density at radius 2 is 2.10 bits per heavy atom. The molecule has 110 valence electrons. The summed E-state index contributed by atoms with van der Waals surface area (Å²) in [6.07, 6.45) is 5.30. The van der Waals surface area contributed by atoms with Crippen molar-refractivity contribution in [1.29, 1.82) is 0 Å². The third kappa shape index (κ3) is 4.23. The van der Waals surface area contributed by atoms with Crippen LogP contribution in [0.25, 0.3) is 0 Å². The first-order chi connectivity index (χ1) is 9.54. The van der Waals surface area contributed by atoms with Gasteiger partial charge in [0.1, 0.15) is 0 Å². The monoisotopic (exact) mass is 275 g/mol. The molecule has 1 saturated carbocycles. The van der Waals surface area contributed by atoms with Gasteiger partial charge in [0.05, 0.1) is 6.54 Å². The van der Waals surface area contributed by atoms with Crippen LogP contribution in [-0.2, 0) is 4.79 Å². The van der Waals surface area contributed by atoms with Gasteiger partial charge in [-0.25, -0.2) is 0 Å². The van der Waals surface area contributed by atoms with Gasteiger partial charge in [-0.1, -0.05) is 12.8 Å². The number of aryl methyl sites for hydroxylation is 1. The number of hydrogen-bond acceptors (Lipinski definition) is 3. The number of nitrogens with two attached hydrogens (primary N) is 1. The van der Waals surface area contributed by atoms with Crippen molar-refractivity contribution in [3.63, 3.8) is 0 Å². The molecule has 3 N–H and O–H groups in total. The molecule has 0 saturated heterocycles. The van der Waals surface area contributed by atoms with Gasteiger partial charge < -0.3 is 11.1 Å². The highest BCUT2D eigenvalue weighted by Gasteiger charge is 2.18. The second-order valence-corrected chi connectivity index (χ2v) is 5.97. The fourth-order valence-electron chi connectivity index (χ4n) is 2.96. The summed E-state index contributed by atoms with van der Waals surface area (Å²) in [6.45, 7) is 3.42. The molecule has 0 radical (unpaired) electrons. The summed E-state index contributed by atoms with van der Waals surface area (Å²) in [6, 6.07) is 5.54. The smallest absolute Gasteiger partial charge is 0.238 e. The predicted molar refractivity (Wildman–Crippen MR) is 83.7 cm³/mol. The number of benzene rings is 1. The molecule has 1 aromatic rings. The van der Waals surface area contributed by atoms with Crippen molar-refractivity contribution in [1.82, 2.24) is 4.90 Å². The first-order valence-electron chi connectivity index (χ1n) is 7.39. The van der Waals surface area contributed by atoms with E-state index in [1.54, 1.807) is 0 Å². The Bertz CT molecular complexity index is 467. The van der Waals surface area contributed by atoms with Gasteiger partial charge in [0, 0.05) is 17.9 Å². The Hall–Kier alpha value is -1.55. The van der Waals surface area contributed by atoms with Gasteiger partial charge in [0.15, 0.2) is 0 Å². The van der Waals surface area contributed by atoms with Crippen LogP contribution in [0.5, 0.6) is 0 Å². The Morgan fingerprint density at radius 1 is 1.40 bits per heavy atom. The number of anilines is 2. The summed E-state index contributed by atoms with van der Waals surface area (Å²) in [4.78, 5) is 14.2. The summed E-state index contributed by atoms with van der Waals surface area (Å²) in [5.41, 5.74) is 8.27. The Morgan fingerprint density at radius 3 is 2.75 bits per heavy atom. The Kier molecular flexibility index (Phi) is 5.01. The normalized spacial score (nSPS) is 15.8. The lowest BCUT2D eigenvalue weighted by molar-refractivity contribution is -0.117. The van der Waals surface area contributed by atoms with Crippen LogP contribution < -0.4 is 11.1 Å². The minimum atomic E-state index is 0.0402. The minimum absolute atomic E-state index is 0.0402. The fraction of sp³-hybridized carbons (Fsp3) is 0.562. The number of likely N-dealkylation sites (N-methyl/N-ethyl adjacent to an activating group) is 1. The SMILES string of the molecule is Cc1cc(N)ccc1NC(=O)CN(C)CC1CCCC1. The molecule has 1 aliphatic carbocycles. The molecule has 4 heteroatoms. The van der Waals surface area contributed by atoms with Crippen LogP contribution in [0.2, 0.25) is 0 Å². The highest BCUT2D eigenvalue weighted by Crippen LogP contribution is 2.25. The van der Waals surface area contributed by atoms with Gasteiger partial charge >= 0.3 is 0 Å². The fourth-order valence-corrected chi connectivity index (χ4v) is 2.96. The van der Waals surface area contributed by atoms with Crippen LogP contribution in [0.15, 0.2) is 18.2 Å². The maximum atomic E-state index is 12.0. The molecule has 0 aliphatic heterocycles. The van der Waals surface area contributed by atoms with E-state index in [0.29, 0.717) is 6.54 Å². The zero-order chi connectivity index (χ0) is 14.5. The zero-order valence-electron chi connectivity index (χ0n) is 12.5. The summed E-state index contributed by atoms with van der Waals surface area (Å²) in [7, 11) is 2.02. The minimum Gasteiger partial charge on any atom is -0.399 e. The molecule has 4 nitrogen and oxygen atoms in total. The molecular weight excluding hydrogens is 250 g/mol. The number of nitrogens with one attached hydrogen (secondary N) is 1. The van der Waals surface area contributed by atoms with E-state index >= 15 is 0 Å². The maximum Gasteiger partial charge on any atom is 0.238 e. The van der Waals surface area contributed by atoms with Crippen LogP contribution in [-0.4, -0.2) is 30.9 Å². The molecule has 2 rings (SSSR count). The molecule has 0 bridgehead atoms. The topological polar surface area (TPSA) is 58.4 Å². The third-order valence-corrected chi connectivity index (χ3v) is 3.98. The molecule has 1 amide bonds. The molecule has 0 atom stereocenters. The van der Waals surface area contributed by atoms with Crippen molar-refractivity contribution >= 4 is 17.3 Å². The van der Waals surface area contributed by atoms with E-state index in [2.05, 4.69) is 10.2 Å². The number of nitrogens with zero attached hydrogens (tertiary/aromatic N) is 1. The van der Waals surface area contributed by atoms with Gasteiger partial charge in [-0.15, -0.1) is 0 Å². The van der Waals surface area contributed by atoms with Crippen molar-refractivity contribution < 1.29 is 4.79 Å². The molecule has 0 aromatic heterocycles. The van der Waals surface area contributed by atoms with E-state index in [9.17, 15) is 4.79 Å². The first-order valence-corrected chi connectivity index (χ1v) is 7.39. The largest absolute Gasteiger partial charge is 0.399 e. The molecule has 0 spiro atoms. The zero-order valence-corrected chi connectivity index (χ0v) is 12.5. The molecule has 1 fully saturated rings. The second-order valence-electron chi connectivity index (χ2n) is 5.97. The van der Waals surface area contributed by atoms with E-state index in [1.807, 2.05) is 32.2 Å². The van der Waals surface area contributed by atoms with Gasteiger partial charge in [-0.3, -0.25) is 9.69 Å². The molecule has 0 heterocycles. The van der Waals surface area contributed by atoms with Crippen LogP contribution in [0.3, 0.4) is 0 Å². The average Bonchev–Trinajstić information content (AvgIpc) is 2.85. The number of carbonyl (C=O) groups is 1. The van der Waals surface area contributed by atoms with E-state index in [-0.39, 0.29) is 5.91 Å². The molecule has 0 unspecified atom stereocenters. The molecule has 1 aromatic carbocycles. The molecular formula is C16H25N3O.